The predicted octanol–water partition coefficient (Wildman–Crippen LogP) is 2.99. The molecule has 0 radical (unpaired) electrons. The third-order valence-electron chi connectivity index (χ3n) is 2.66. The van der Waals surface area contributed by atoms with Gasteiger partial charge >= 0.3 is 5.97 Å². The largest absolute Gasteiger partial charge is 0.465 e. The molecule has 20 heavy (non-hydrogen) atoms. The van der Waals surface area contributed by atoms with Crippen molar-refractivity contribution >= 4 is 33.5 Å². The Hall–Kier alpha value is -1.40. The lowest BCUT2D eigenvalue weighted by Gasteiger charge is -2.10. The Balaban J connectivity index is 2.68. The van der Waals surface area contributed by atoms with E-state index in [0.29, 0.717) is 24.3 Å². The Morgan fingerprint density at radius 1 is 1.25 bits per heavy atom. The van der Waals surface area contributed by atoms with Crippen LogP contribution in [0.1, 0.15) is 29.6 Å². The highest BCUT2D eigenvalue weighted by Gasteiger charge is 2.14. The smallest absolute Gasteiger partial charge is 0.339 e. The Morgan fingerprint density at radius 2 is 2.00 bits per heavy atom. The first-order valence-corrected chi connectivity index (χ1v) is 7.04. The van der Waals surface area contributed by atoms with Crippen molar-refractivity contribution in [2.75, 3.05) is 26.1 Å². The first-order valence-electron chi connectivity index (χ1n) is 6.25. The molecule has 0 aliphatic carbocycles. The minimum atomic E-state index is -0.479. The van der Waals surface area contributed by atoms with Crippen LogP contribution in [0.2, 0.25) is 0 Å². The quantitative estimate of drug-likeness (QED) is 0.610. The zero-order valence-corrected chi connectivity index (χ0v) is 13.2. The van der Waals surface area contributed by atoms with Crippen molar-refractivity contribution in [3.8, 4) is 0 Å². The standard InChI is InChI=1S/C14H18BrNO4/c1-19-8-4-3-5-13(17)16-12-9-10(15)6-7-11(12)14(18)20-2/h6-7,9H,3-5,8H2,1-2H3,(H,16,17). The zero-order chi connectivity index (χ0) is 15.0. The van der Waals surface area contributed by atoms with Gasteiger partial charge in [-0.3, -0.25) is 4.79 Å². The molecule has 0 spiro atoms. The average Bonchev–Trinajstić information content (AvgIpc) is 2.43. The molecule has 0 unspecified atom stereocenters. The van der Waals surface area contributed by atoms with Gasteiger partial charge in [-0.2, -0.15) is 0 Å². The van der Waals surface area contributed by atoms with E-state index in [1.54, 1.807) is 25.3 Å². The highest BCUT2D eigenvalue weighted by molar-refractivity contribution is 9.10. The molecule has 0 saturated heterocycles. The summed E-state index contributed by atoms with van der Waals surface area (Å²) in [4.78, 5) is 23.5. The van der Waals surface area contributed by atoms with Gasteiger partial charge in [0.2, 0.25) is 5.91 Å². The molecule has 0 aliphatic heterocycles. The van der Waals surface area contributed by atoms with Crippen LogP contribution in [0.25, 0.3) is 0 Å². The summed E-state index contributed by atoms with van der Waals surface area (Å²) in [5.74, 6) is -0.614. The second kappa shape index (κ2) is 8.71. The van der Waals surface area contributed by atoms with Crippen molar-refractivity contribution in [2.45, 2.75) is 19.3 Å². The summed E-state index contributed by atoms with van der Waals surface area (Å²) in [6.07, 6.45) is 1.95. The maximum absolute atomic E-state index is 11.8. The number of ether oxygens (including phenoxy) is 2. The van der Waals surface area contributed by atoms with Gasteiger partial charge in [-0.1, -0.05) is 15.9 Å². The summed E-state index contributed by atoms with van der Waals surface area (Å²) in [6.45, 7) is 0.636. The number of esters is 1. The van der Waals surface area contributed by atoms with E-state index in [0.717, 1.165) is 17.3 Å². The second-order valence-electron chi connectivity index (χ2n) is 4.18. The maximum Gasteiger partial charge on any atom is 0.339 e. The lowest BCUT2D eigenvalue weighted by Crippen LogP contribution is -2.15. The molecule has 1 aromatic rings. The lowest BCUT2D eigenvalue weighted by atomic mass is 10.1. The van der Waals surface area contributed by atoms with Gasteiger partial charge in [0, 0.05) is 24.6 Å². The topological polar surface area (TPSA) is 64.6 Å². The van der Waals surface area contributed by atoms with Gasteiger partial charge in [0.25, 0.3) is 0 Å². The van der Waals surface area contributed by atoms with Crippen LogP contribution in [0.4, 0.5) is 5.69 Å². The summed E-state index contributed by atoms with van der Waals surface area (Å²) in [7, 11) is 2.94. The first kappa shape index (κ1) is 16.7. The van der Waals surface area contributed by atoms with Crippen LogP contribution >= 0.6 is 15.9 Å². The van der Waals surface area contributed by atoms with E-state index in [4.69, 9.17) is 4.74 Å². The van der Waals surface area contributed by atoms with E-state index in [2.05, 4.69) is 26.0 Å². The number of benzene rings is 1. The van der Waals surface area contributed by atoms with Crippen LogP contribution in [0.3, 0.4) is 0 Å². The number of halogens is 1. The van der Waals surface area contributed by atoms with Gasteiger partial charge in [0.15, 0.2) is 0 Å². The van der Waals surface area contributed by atoms with E-state index >= 15 is 0 Å². The van der Waals surface area contributed by atoms with Crippen molar-refractivity contribution < 1.29 is 19.1 Å². The van der Waals surface area contributed by atoms with Crippen LogP contribution < -0.4 is 5.32 Å². The minimum Gasteiger partial charge on any atom is -0.465 e. The van der Waals surface area contributed by atoms with Crippen LogP contribution in [-0.2, 0) is 14.3 Å². The van der Waals surface area contributed by atoms with Crippen LogP contribution in [-0.4, -0.2) is 32.7 Å². The molecular weight excluding hydrogens is 326 g/mol. The van der Waals surface area contributed by atoms with E-state index in [1.807, 2.05) is 0 Å². The highest BCUT2D eigenvalue weighted by atomic mass is 79.9. The number of rotatable bonds is 7. The van der Waals surface area contributed by atoms with E-state index in [9.17, 15) is 9.59 Å². The van der Waals surface area contributed by atoms with Crippen LogP contribution in [0.15, 0.2) is 22.7 Å². The van der Waals surface area contributed by atoms with Crippen molar-refractivity contribution in [3.63, 3.8) is 0 Å². The molecule has 0 aliphatic rings. The predicted molar refractivity (Wildman–Crippen MR) is 79.8 cm³/mol. The Bertz CT molecular complexity index is 476. The van der Waals surface area contributed by atoms with Crippen LogP contribution in [0, 0.1) is 0 Å². The molecule has 1 amide bonds. The maximum atomic E-state index is 11.8. The molecule has 6 heteroatoms. The molecule has 0 bridgehead atoms. The van der Waals surface area contributed by atoms with Crippen molar-refractivity contribution in [2.24, 2.45) is 0 Å². The van der Waals surface area contributed by atoms with Gasteiger partial charge < -0.3 is 14.8 Å². The lowest BCUT2D eigenvalue weighted by molar-refractivity contribution is -0.116. The monoisotopic (exact) mass is 343 g/mol. The summed E-state index contributed by atoms with van der Waals surface area (Å²) in [5.41, 5.74) is 0.781. The molecule has 0 aromatic heterocycles. The van der Waals surface area contributed by atoms with Crippen LogP contribution in [0.5, 0.6) is 0 Å². The Labute approximate surface area is 126 Å². The SMILES string of the molecule is COCCCCC(=O)Nc1cc(Br)ccc1C(=O)OC. The summed E-state index contributed by atoms with van der Waals surface area (Å²) in [6, 6.07) is 5.01. The summed E-state index contributed by atoms with van der Waals surface area (Å²) in [5, 5.41) is 2.73. The third-order valence-corrected chi connectivity index (χ3v) is 3.16. The van der Waals surface area contributed by atoms with Gasteiger partial charge in [0.1, 0.15) is 0 Å². The number of nitrogens with one attached hydrogen (secondary N) is 1. The number of amides is 1. The molecule has 110 valence electrons. The summed E-state index contributed by atoms with van der Waals surface area (Å²) < 4.78 is 10.4. The number of unbranched alkanes of at least 4 members (excludes halogenated alkanes) is 1. The number of hydrogen-bond acceptors (Lipinski definition) is 4. The number of carbonyl (C=O) groups excluding carboxylic acids is 2. The number of carbonyl (C=O) groups is 2. The molecule has 1 N–H and O–H groups in total. The fourth-order valence-corrected chi connectivity index (χ4v) is 2.01. The van der Waals surface area contributed by atoms with Gasteiger partial charge in [0.05, 0.1) is 18.4 Å². The van der Waals surface area contributed by atoms with Crippen molar-refractivity contribution in [1.82, 2.24) is 0 Å². The Kier molecular flexibility index (Phi) is 7.25. The summed E-state index contributed by atoms with van der Waals surface area (Å²) >= 11 is 3.31. The highest BCUT2D eigenvalue weighted by Crippen LogP contribution is 2.22. The molecule has 0 heterocycles. The van der Waals surface area contributed by atoms with Gasteiger partial charge in [-0.25, -0.2) is 4.79 Å². The minimum absolute atomic E-state index is 0.135. The van der Waals surface area contributed by atoms with Gasteiger partial charge in [-0.05, 0) is 31.0 Å². The molecular formula is C14H18BrNO4. The molecule has 0 atom stereocenters. The normalized spacial score (nSPS) is 10.2. The molecule has 1 rings (SSSR count). The fourth-order valence-electron chi connectivity index (χ4n) is 1.65. The van der Waals surface area contributed by atoms with Crippen molar-refractivity contribution in [1.29, 1.82) is 0 Å². The Morgan fingerprint density at radius 3 is 2.65 bits per heavy atom. The van der Waals surface area contributed by atoms with E-state index < -0.39 is 5.97 Å². The fraction of sp³-hybridized carbons (Fsp3) is 0.429. The van der Waals surface area contributed by atoms with E-state index in [-0.39, 0.29) is 5.91 Å². The second-order valence-corrected chi connectivity index (χ2v) is 5.10. The average molecular weight is 344 g/mol. The zero-order valence-electron chi connectivity index (χ0n) is 11.6. The molecule has 5 nitrogen and oxygen atoms in total. The first-order chi connectivity index (χ1) is 9.58. The molecule has 0 fully saturated rings. The molecule has 0 saturated carbocycles. The van der Waals surface area contributed by atoms with Crippen molar-refractivity contribution in [3.05, 3.63) is 28.2 Å². The van der Waals surface area contributed by atoms with Gasteiger partial charge in [-0.15, -0.1) is 0 Å². The number of hydrogen-bond donors (Lipinski definition) is 1. The number of anilines is 1. The third kappa shape index (κ3) is 5.30. The molecule has 1 aromatic carbocycles. The number of methoxy groups -OCH3 is 2. The van der Waals surface area contributed by atoms with E-state index in [1.165, 1.54) is 7.11 Å².